The lowest BCUT2D eigenvalue weighted by molar-refractivity contribution is -0.136. The van der Waals surface area contributed by atoms with Crippen LogP contribution in [-0.2, 0) is 9.53 Å². The van der Waals surface area contributed by atoms with E-state index in [4.69, 9.17) is 4.74 Å². The van der Waals surface area contributed by atoms with Gasteiger partial charge in [0.1, 0.15) is 5.82 Å². The van der Waals surface area contributed by atoms with E-state index in [1.807, 2.05) is 24.9 Å². The average Bonchev–Trinajstić information content (AvgIpc) is 2.58. The van der Waals surface area contributed by atoms with Crippen LogP contribution in [0.3, 0.4) is 0 Å². The van der Waals surface area contributed by atoms with Crippen molar-refractivity contribution in [3.8, 4) is 0 Å². The molecule has 1 aromatic rings. The molecule has 0 N–H and O–H groups in total. The third-order valence-electron chi connectivity index (χ3n) is 4.79. The first kappa shape index (κ1) is 16.2. The van der Waals surface area contributed by atoms with Crippen LogP contribution in [0.25, 0.3) is 0 Å². The number of aryl methyl sites for hydroxylation is 2. The van der Waals surface area contributed by atoms with Gasteiger partial charge in [0.15, 0.2) is 0 Å². The number of anilines is 1. The standard InChI is InChI=1S/C17H26N4O2/c1-13-12-18-14(2)17(19-13)21-5-3-15(4-6-21)11-16(22)20-7-9-23-10-8-20/h12,15H,3-11H2,1-2H3. The maximum absolute atomic E-state index is 12.4. The van der Waals surface area contributed by atoms with Crippen molar-refractivity contribution in [3.05, 3.63) is 17.6 Å². The van der Waals surface area contributed by atoms with E-state index in [9.17, 15) is 4.79 Å². The molecule has 2 fully saturated rings. The number of ether oxygens (including phenoxy) is 1. The summed E-state index contributed by atoms with van der Waals surface area (Å²) < 4.78 is 5.31. The molecule has 2 aliphatic rings. The zero-order valence-corrected chi connectivity index (χ0v) is 14.1. The molecule has 0 spiro atoms. The second kappa shape index (κ2) is 7.25. The molecule has 0 bridgehead atoms. The van der Waals surface area contributed by atoms with Crippen molar-refractivity contribution < 1.29 is 9.53 Å². The monoisotopic (exact) mass is 318 g/mol. The largest absolute Gasteiger partial charge is 0.378 e. The fourth-order valence-electron chi connectivity index (χ4n) is 3.36. The van der Waals surface area contributed by atoms with Crippen molar-refractivity contribution in [3.63, 3.8) is 0 Å². The molecule has 2 saturated heterocycles. The average molecular weight is 318 g/mol. The fourth-order valence-corrected chi connectivity index (χ4v) is 3.36. The normalized spacial score (nSPS) is 19.9. The van der Waals surface area contributed by atoms with E-state index in [0.29, 0.717) is 31.5 Å². The van der Waals surface area contributed by atoms with Gasteiger partial charge in [-0.3, -0.25) is 9.78 Å². The molecule has 0 unspecified atom stereocenters. The molecule has 0 aromatic carbocycles. The van der Waals surface area contributed by atoms with Crippen molar-refractivity contribution >= 4 is 11.7 Å². The Bertz CT molecular complexity index is 550. The minimum Gasteiger partial charge on any atom is -0.378 e. The van der Waals surface area contributed by atoms with Crippen molar-refractivity contribution in [1.29, 1.82) is 0 Å². The van der Waals surface area contributed by atoms with Gasteiger partial charge in [-0.15, -0.1) is 0 Å². The molecule has 3 rings (SSSR count). The number of nitrogens with zero attached hydrogens (tertiary/aromatic N) is 4. The molecule has 23 heavy (non-hydrogen) atoms. The number of rotatable bonds is 3. The zero-order valence-electron chi connectivity index (χ0n) is 14.1. The van der Waals surface area contributed by atoms with Crippen molar-refractivity contribution in [2.75, 3.05) is 44.3 Å². The molecule has 0 atom stereocenters. The predicted molar refractivity (Wildman–Crippen MR) is 88.5 cm³/mol. The summed E-state index contributed by atoms with van der Waals surface area (Å²) >= 11 is 0. The van der Waals surface area contributed by atoms with Gasteiger partial charge in [-0.2, -0.15) is 0 Å². The van der Waals surface area contributed by atoms with E-state index in [2.05, 4.69) is 14.9 Å². The number of morpholine rings is 1. The number of carbonyl (C=O) groups is 1. The van der Waals surface area contributed by atoms with E-state index in [-0.39, 0.29) is 0 Å². The number of hydrogen-bond donors (Lipinski definition) is 0. The van der Waals surface area contributed by atoms with E-state index in [0.717, 1.165) is 56.2 Å². The van der Waals surface area contributed by atoms with Crippen LogP contribution in [0.15, 0.2) is 6.20 Å². The molecular formula is C17H26N4O2. The molecule has 1 amide bonds. The number of amides is 1. The lowest BCUT2D eigenvalue weighted by Gasteiger charge is -2.34. The Labute approximate surface area is 137 Å². The second-order valence-corrected chi connectivity index (χ2v) is 6.55. The Morgan fingerprint density at radius 3 is 2.61 bits per heavy atom. The zero-order chi connectivity index (χ0) is 16.2. The molecule has 0 radical (unpaired) electrons. The molecule has 0 aliphatic carbocycles. The fraction of sp³-hybridized carbons (Fsp3) is 0.706. The van der Waals surface area contributed by atoms with Crippen LogP contribution < -0.4 is 4.90 Å². The summed E-state index contributed by atoms with van der Waals surface area (Å²) in [6.07, 6.45) is 4.58. The Hall–Kier alpha value is -1.69. The van der Waals surface area contributed by atoms with Gasteiger partial charge in [0, 0.05) is 38.8 Å². The number of hydrogen-bond acceptors (Lipinski definition) is 5. The molecular weight excluding hydrogens is 292 g/mol. The molecule has 6 nitrogen and oxygen atoms in total. The van der Waals surface area contributed by atoms with Gasteiger partial charge >= 0.3 is 0 Å². The van der Waals surface area contributed by atoms with Crippen molar-refractivity contribution in [2.45, 2.75) is 33.1 Å². The van der Waals surface area contributed by atoms with Crippen LogP contribution in [0, 0.1) is 19.8 Å². The van der Waals surface area contributed by atoms with Crippen LogP contribution in [0.1, 0.15) is 30.7 Å². The highest BCUT2D eigenvalue weighted by Crippen LogP contribution is 2.26. The van der Waals surface area contributed by atoms with Crippen LogP contribution in [-0.4, -0.2) is 60.2 Å². The van der Waals surface area contributed by atoms with Gasteiger partial charge < -0.3 is 14.5 Å². The highest BCUT2D eigenvalue weighted by molar-refractivity contribution is 5.76. The Kier molecular flexibility index (Phi) is 5.10. The SMILES string of the molecule is Cc1cnc(C)c(N2CCC(CC(=O)N3CCOCC3)CC2)n1. The molecule has 126 valence electrons. The minimum absolute atomic E-state index is 0.290. The topological polar surface area (TPSA) is 58.6 Å². The van der Waals surface area contributed by atoms with Gasteiger partial charge in [-0.25, -0.2) is 4.98 Å². The van der Waals surface area contributed by atoms with Crippen LogP contribution >= 0.6 is 0 Å². The summed E-state index contributed by atoms with van der Waals surface area (Å²) in [5, 5.41) is 0. The first-order valence-corrected chi connectivity index (χ1v) is 8.54. The first-order chi connectivity index (χ1) is 11.1. The van der Waals surface area contributed by atoms with E-state index in [1.165, 1.54) is 0 Å². The third kappa shape index (κ3) is 3.99. The second-order valence-electron chi connectivity index (χ2n) is 6.55. The van der Waals surface area contributed by atoms with Gasteiger partial charge in [0.05, 0.1) is 24.6 Å². The predicted octanol–water partition coefficient (Wildman–Crippen LogP) is 1.56. The maximum atomic E-state index is 12.4. The van der Waals surface area contributed by atoms with E-state index < -0.39 is 0 Å². The van der Waals surface area contributed by atoms with E-state index in [1.54, 1.807) is 0 Å². The van der Waals surface area contributed by atoms with Gasteiger partial charge in [0.2, 0.25) is 5.91 Å². The number of piperidine rings is 1. The Balaban J connectivity index is 1.52. The Morgan fingerprint density at radius 1 is 1.22 bits per heavy atom. The Morgan fingerprint density at radius 2 is 1.91 bits per heavy atom. The van der Waals surface area contributed by atoms with Crippen LogP contribution in [0.2, 0.25) is 0 Å². The van der Waals surface area contributed by atoms with Crippen molar-refractivity contribution in [2.24, 2.45) is 5.92 Å². The highest BCUT2D eigenvalue weighted by atomic mass is 16.5. The smallest absolute Gasteiger partial charge is 0.223 e. The molecule has 6 heteroatoms. The van der Waals surface area contributed by atoms with Crippen LogP contribution in [0.5, 0.6) is 0 Å². The first-order valence-electron chi connectivity index (χ1n) is 8.54. The van der Waals surface area contributed by atoms with E-state index >= 15 is 0 Å². The number of carbonyl (C=O) groups excluding carboxylic acids is 1. The van der Waals surface area contributed by atoms with Gasteiger partial charge in [-0.05, 0) is 32.6 Å². The molecule has 0 saturated carbocycles. The summed E-state index contributed by atoms with van der Waals surface area (Å²) in [7, 11) is 0. The molecule has 3 heterocycles. The van der Waals surface area contributed by atoms with Gasteiger partial charge in [-0.1, -0.05) is 0 Å². The lowest BCUT2D eigenvalue weighted by Crippen LogP contribution is -2.42. The summed E-state index contributed by atoms with van der Waals surface area (Å²) in [5.41, 5.74) is 1.94. The summed E-state index contributed by atoms with van der Waals surface area (Å²) in [4.78, 5) is 25.6. The van der Waals surface area contributed by atoms with Crippen LogP contribution in [0.4, 0.5) is 5.82 Å². The minimum atomic E-state index is 0.290. The lowest BCUT2D eigenvalue weighted by atomic mass is 9.93. The summed E-state index contributed by atoms with van der Waals surface area (Å²) in [6, 6.07) is 0. The quantitative estimate of drug-likeness (QED) is 0.846. The molecule has 2 aliphatic heterocycles. The summed E-state index contributed by atoms with van der Waals surface area (Å²) in [6.45, 7) is 8.75. The molecule has 1 aromatic heterocycles. The highest BCUT2D eigenvalue weighted by Gasteiger charge is 2.26. The number of aromatic nitrogens is 2. The summed E-state index contributed by atoms with van der Waals surface area (Å²) in [5.74, 6) is 1.78. The van der Waals surface area contributed by atoms with Crippen molar-refractivity contribution in [1.82, 2.24) is 14.9 Å². The third-order valence-corrected chi connectivity index (χ3v) is 4.79. The van der Waals surface area contributed by atoms with Gasteiger partial charge in [0.25, 0.3) is 0 Å². The maximum Gasteiger partial charge on any atom is 0.223 e.